The molecule has 1 amide bonds. The first-order valence-electron chi connectivity index (χ1n) is 11.9. The summed E-state index contributed by atoms with van der Waals surface area (Å²) in [4.78, 5) is 23.4. The number of halogens is 2. The van der Waals surface area contributed by atoms with Crippen molar-refractivity contribution in [3.8, 4) is 5.82 Å². The van der Waals surface area contributed by atoms with Crippen molar-refractivity contribution < 1.29 is 18.3 Å². The molecular formula is C24H29F2N9O2. The summed E-state index contributed by atoms with van der Waals surface area (Å²) in [6.07, 6.45) is 4.73. The van der Waals surface area contributed by atoms with E-state index in [0.29, 0.717) is 23.2 Å². The number of aryl methyl sites for hydroxylation is 1. The number of amides is 1. The first kappa shape index (κ1) is 25.0. The van der Waals surface area contributed by atoms with Crippen LogP contribution < -0.4 is 26.4 Å². The Hall–Kier alpha value is -3.68. The van der Waals surface area contributed by atoms with E-state index in [4.69, 9.17) is 4.74 Å². The molecule has 0 radical (unpaired) electrons. The molecule has 5 rings (SSSR count). The van der Waals surface area contributed by atoms with Gasteiger partial charge in [-0.1, -0.05) is 6.07 Å². The van der Waals surface area contributed by atoms with Crippen molar-refractivity contribution in [3.05, 3.63) is 59.6 Å². The van der Waals surface area contributed by atoms with Crippen molar-refractivity contribution >= 4 is 17.5 Å². The van der Waals surface area contributed by atoms with Gasteiger partial charge in [-0.2, -0.15) is 5.10 Å². The molecule has 0 saturated carbocycles. The molecule has 2 aliphatic heterocycles. The minimum absolute atomic E-state index is 0.0234. The largest absolute Gasteiger partial charge is 0.365 e. The zero-order valence-electron chi connectivity index (χ0n) is 20.8. The third-order valence-electron chi connectivity index (χ3n) is 6.58. The number of aromatic nitrogens is 4. The Bertz CT molecular complexity index is 1280. The number of nitrogens with zero attached hydrogens (tertiary/aromatic N) is 5. The highest BCUT2D eigenvalue weighted by atomic mass is 19.1. The number of ether oxygens (including phenoxy) is 1. The summed E-state index contributed by atoms with van der Waals surface area (Å²) in [5.74, 6) is -0.00955. The lowest BCUT2D eigenvalue weighted by Crippen LogP contribution is -2.70. The number of hydrogen-bond acceptors (Lipinski definition) is 9. The number of hydrogen-bond donors (Lipinski definition) is 4. The second-order valence-corrected chi connectivity index (χ2v) is 9.45. The highest BCUT2D eigenvalue weighted by Crippen LogP contribution is 2.33. The Labute approximate surface area is 212 Å². The predicted octanol–water partition coefficient (Wildman–Crippen LogP) is 1.39. The van der Waals surface area contributed by atoms with E-state index in [-0.39, 0.29) is 37.5 Å². The molecular weight excluding hydrogens is 484 g/mol. The van der Waals surface area contributed by atoms with Crippen LogP contribution in [0.4, 0.5) is 20.4 Å². The number of methoxy groups -OCH3 is 1. The Morgan fingerprint density at radius 2 is 2.08 bits per heavy atom. The number of rotatable bonds is 8. The number of hydrazine groups is 1. The third-order valence-corrected chi connectivity index (χ3v) is 6.58. The van der Waals surface area contributed by atoms with Crippen LogP contribution in [0, 0.1) is 18.6 Å². The number of pyridine rings is 2. The highest BCUT2D eigenvalue weighted by molar-refractivity contribution is 5.89. The summed E-state index contributed by atoms with van der Waals surface area (Å²) in [6, 6.07) is 5.43. The highest BCUT2D eigenvalue weighted by Gasteiger charge is 2.51. The van der Waals surface area contributed by atoms with Crippen molar-refractivity contribution in [2.24, 2.45) is 0 Å². The van der Waals surface area contributed by atoms with Crippen LogP contribution in [-0.4, -0.2) is 63.7 Å². The summed E-state index contributed by atoms with van der Waals surface area (Å²) in [7, 11) is 1.46. The molecule has 2 atom stereocenters. The first-order valence-corrected chi connectivity index (χ1v) is 11.9. The van der Waals surface area contributed by atoms with Crippen molar-refractivity contribution in [1.29, 1.82) is 0 Å². The molecule has 0 bridgehead atoms. The maximum atomic E-state index is 15.0. The first-order chi connectivity index (χ1) is 17.8. The van der Waals surface area contributed by atoms with E-state index in [2.05, 4.69) is 43.5 Å². The van der Waals surface area contributed by atoms with Gasteiger partial charge in [-0.3, -0.25) is 10.2 Å². The van der Waals surface area contributed by atoms with Gasteiger partial charge >= 0.3 is 0 Å². The van der Waals surface area contributed by atoms with Crippen molar-refractivity contribution in [2.75, 3.05) is 30.4 Å². The molecule has 2 saturated heterocycles. The van der Waals surface area contributed by atoms with E-state index in [1.807, 2.05) is 0 Å². The molecule has 2 aliphatic rings. The van der Waals surface area contributed by atoms with Gasteiger partial charge in [-0.05, 0) is 43.5 Å². The molecule has 0 aliphatic carbocycles. The zero-order chi connectivity index (χ0) is 26.2. The van der Waals surface area contributed by atoms with Crippen LogP contribution in [-0.2, 0) is 16.1 Å². The maximum absolute atomic E-state index is 15.0. The Balaban J connectivity index is 1.21. The Morgan fingerprint density at radius 3 is 2.70 bits per heavy atom. The Morgan fingerprint density at radius 1 is 1.27 bits per heavy atom. The van der Waals surface area contributed by atoms with E-state index < -0.39 is 17.2 Å². The van der Waals surface area contributed by atoms with E-state index >= 15 is 0 Å². The third kappa shape index (κ3) is 5.10. The van der Waals surface area contributed by atoms with Gasteiger partial charge in [0.1, 0.15) is 5.82 Å². The van der Waals surface area contributed by atoms with Gasteiger partial charge in [0, 0.05) is 25.9 Å². The van der Waals surface area contributed by atoms with Crippen LogP contribution in [0.5, 0.6) is 0 Å². The number of carbonyl (C=O) groups excluding carboxylic acids is 1. The van der Waals surface area contributed by atoms with Gasteiger partial charge in [0.15, 0.2) is 28.9 Å². The van der Waals surface area contributed by atoms with E-state index in [1.54, 1.807) is 36.2 Å². The Kier molecular flexibility index (Phi) is 6.75. The van der Waals surface area contributed by atoms with Crippen LogP contribution in [0.25, 0.3) is 5.82 Å². The molecule has 3 aromatic heterocycles. The average Bonchev–Trinajstić information content (AvgIpc) is 3.48. The van der Waals surface area contributed by atoms with Crippen molar-refractivity contribution in [1.82, 2.24) is 35.9 Å². The molecule has 0 aromatic carbocycles. The molecule has 37 heavy (non-hydrogen) atoms. The second kappa shape index (κ2) is 10.00. The molecule has 2 unspecified atom stereocenters. The molecule has 2 fully saturated rings. The summed E-state index contributed by atoms with van der Waals surface area (Å²) < 4.78 is 35.0. The van der Waals surface area contributed by atoms with Gasteiger partial charge in [-0.25, -0.2) is 28.9 Å². The van der Waals surface area contributed by atoms with Crippen LogP contribution in [0.2, 0.25) is 0 Å². The molecule has 13 heteroatoms. The van der Waals surface area contributed by atoms with Crippen molar-refractivity contribution in [2.45, 2.75) is 44.6 Å². The summed E-state index contributed by atoms with van der Waals surface area (Å²) in [5.41, 5.74) is 6.35. The maximum Gasteiger partial charge on any atom is 0.256 e. The van der Waals surface area contributed by atoms with E-state index in [1.165, 1.54) is 18.0 Å². The standard InChI is InChI=1S/C24H29F2N9O2/c1-14-6-18(30-19-7-15(2)32-33-19)31-22(21(14)26)34-12-24(13-34,37-3)23(36)28-9-16-4-5-20(27-8-16)35-11-17(25)10-29-35/h4-6,8,10-11,15,19,32-33H,7,9,12-13H2,1-3H3,(H,28,36)(H,30,31). The minimum atomic E-state index is -1.13. The molecule has 4 N–H and O–H groups in total. The van der Waals surface area contributed by atoms with Crippen LogP contribution >= 0.6 is 0 Å². The van der Waals surface area contributed by atoms with E-state index in [9.17, 15) is 13.6 Å². The smallest absolute Gasteiger partial charge is 0.256 e. The van der Waals surface area contributed by atoms with Gasteiger partial charge in [0.05, 0.1) is 31.6 Å². The molecule has 5 heterocycles. The zero-order valence-corrected chi connectivity index (χ0v) is 20.8. The van der Waals surface area contributed by atoms with Gasteiger partial charge in [0.2, 0.25) is 0 Å². The number of nitrogens with one attached hydrogen (secondary N) is 4. The predicted molar refractivity (Wildman–Crippen MR) is 132 cm³/mol. The van der Waals surface area contributed by atoms with Gasteiger partial charge < -0.3 is 20.3 Å². The molecule has 196 valence electrons. The van der Waals surface area contributed by atoms with Crippen LogP contribution in [0.1, 0.15) is 24.5 Å². The normalized spacial score (nSPS) is 20.5. The molecule has 0 spiro atoms. The van der Waals surface area contributed by atoms with Crippen LogP contribution in [0.15, 0.2) is 36.8 Å². The van der Waals surface area contributed by atoms with Crippen molar-refractivity contribution in [3.63, 3.8) is 0 Å². The lowest BCUT2D eigenvalue weighted by molar-refractivity contribution is -0.146. The summed E-state index contributed by atoms with van der Waals surface area (Å²) in [6.45, 7) is 4.28. The fourth-order valence-electron chi connectivity index (χ4n) is 4.42. The minimum Gasteiger partial charge on any atom is -0.365 e. The second-order valence-electron chi connectivity index (χ2n) is 9.45. The van der Waals surface area contributed by atoms with Gasteiger partial charge in [-0.15, -0.1) is 0 Å². The number of anilines is 2. The van der Waals surface area contributed by atoms with Crippen LogP contribution in [0.3, 0.4) is 0 Å². The van der Waals surface area contributed by atoms with Gasteiger partial charge in [0.25, 0.3) is 5.91 Å². The quantitative estimate of drug-likeness (QED) is 0.354. The summed E-state index contributed by atoms with van der Waals surface area (Å²) >= 11 is 0. The molecule has 11 nitrogen and oxygen atoms in total. The fourth-order valence-corrected chi connectivity index (χ4v) is 4.42. The fraction of sp³-hybridized carbons (Fsp3) is 0.417. The lowest BCUT2D eigenvalue weighted by Gasteiger charge is -2.48. The molecule has 3 aromatic rings. The average molecular weight is 514 g/mol. The lowest BCUT2D eigenvalue weighted by atomic mass is 9.92. The topological polar surface area (TPSA) is 121 Å². The SMILES string of the molecule is COC1(C(=O)NCc2ccc(-n3cc(F)cn3)nc2)CN(c2nc(NC3CC(C)NN3)cc(C)c2F)C1. The summed E-state index contributed by atoms with van der Waals surface area (Å²) in [5, 5.41) is 10.0. The monoisotopic (exact) mass is 513 g/mol. The van der Waals surface area contributed by atoms with E-state index in [0.717, 1.165) is 18.2 Å². The number of carbonyl (C=O) groups is 1.